The van der Waals surface area contributed by atoms with Crippen molar-refractivity contribution in [3.8, 4) is 0 Å². The molecule has 1 amide bonds. The first-order valence-electron chi connectivity index (χ1n) is 8.01. The summed E-state index contributed by atoms with van der Waals surface area (Å²) in [5.41, 5.74) is -1.41. The van der Waals surface area contributed by atoms with E-state index < -0.39 is 24.2 Å². The van der Waals surface area contributed by atoms with Crippen molar-refractivity contribution in [2.24, 2.45) is 5.10 Å². The van der Waals surface area contributed by atoms with E-state index in [2.05, 4.69) is 5.10 Å². The lowest BCUT2D eigenvalue weighted by Crippen LogP contribution is -2.57. The Morgan fingerprint density at radius 3 is 2.35 bits per heavy atom. The zero-order chi connectivity index (χ0) is 18.9. The summed E-state index contributed by atoms with van der Waals surface area (Å²) in [6, 6.07) is 15.1. The molecule has 1 atom stereocenters. The largest absolute Gasteiger partial charge is 0.438 e. The topological polar surface area (TPSA) is 52.9 Å². The molecule has 2 aromatic rings. The van der Waals surface area contributed by atoms with Gasteiger partial charge in [-0.3, -0.25) is 4.79 Å². The molecule has 26 heavy (non-hydrogen) atoms. The monoisotopic (exact) mass is 362 g/mol. The van der Waals surface area contributed by atoms with Crippen LogP contribution in [0.1, 0.15) is 23.1 Å². The Morgan fingerprint density at radius 2 is 1.77 bits per heavy atom. The predicted octanol–water partition coefficient (Wildman–Crippen LogP) is 3.43. The molecule has 0 saturated heterocycles. The lowest BCUT2D eigenvalue weighted by molar-refractivity contribution is -0.302. The Balaban J connectivity index is 1.94. The van der Waals surface area contributed by atoms with Crippen LogP contribution in [0.15, 0.2) is 59.7 Å². The molecule has 0 fully saturated rings. The Morgan fingerprint density at radius 1 is 1.15 bits per heavy atom. The van der Waals surface area contributed by atoms with E-state index in [9.17, 15) is 23.1 Å². The first kappa shape index (κ1) is 18.1. The highest BCUT2D eigenvalue weighted by molar-refractivity contribution is 6.03. The number of hydrazone groups is 1. The van der Waals surface area contributed by atoms with E-state index >= 15 is 0 Å². The number of hydrogen-bond donors (Lipinski definition) is 1. The number of halogens is 3. The van der Waals surface area contributed by atoms with Gasteiger partial charge in [0.2, 0.25) is 5.91 Å². The second kappa shape index (κ2) is 6.57. The number of hydrogen-bond acceptors (Lipinski definition) is 3. The third-order valence-electron chi connectivity index (χ3n) is 4.26. The number of benzene rings is 2. The summed E-state index contributed by atoms with van der Waals surface area (Å²) < 4.78 is 40.6. The van der Waals surface area contributed by atoms with Crippen molar-refractivity contribution in [3.63, 3.8) is 0 Å². The molecule has 136 valence electrons. The maximum atomic E-state index is 13.5. The summed E-state index contributed by atoms with van der Waals surface area (Å²) >= 11 is 0. The van der Waals surface area contributed by atoms with Gasteiger partial charge in [0.25, 0.3) is 5.72 Å². The molecule has 1 N–H and O–H groups in total. The van der Waals surface area contributed by atoms with Crippen molar-refractivity contribution >= 4 is 11.6 Å². The Labute approximate surface area is 148 Å². The second-order valence-electron chi connectivity index (χ2n) is 6.27. The summed E-state index contributed by atoms with van der Waals surface area (Å²) in [5.74, 6) is -0.918. The van der Waals surface area contributed by atoms with Crippen LogP contribution in [0.25, 0.3) is 0 Å². The molecule has 1 aliphatic heterocycles. The quantitative estimate of drug-likeness (QED) is 0.910. The smallest absolute Gasteiger partial charge is 0.362 e. The molecule has 4 nitrogen and oxygen atoms in total. The number of alkyl halides is 3. The lowest BCUT2D eigenvalue weighted by Gasteiger charge is -2.32. The zero-order valence-electron chi connectivity index (χ0n) is 14.0. The minimum absolute atomic E-state index is 0.0197. The van der Waals surface area contributed by atoms with E-state index in [1.54, 1.807) is 54.6 Å². The minimum atomic E-state index is -5.03. The number of amides is 1. The minimum Gasteiger partial charge on any atom is -0.362 e. The molecular weight excluding hydrogens is 345 g/mol. The van der Waals surface area contributed by atoms with Crippen molar-refractivity contribution in [2.75, 3.05) is 0 Å². The highest BCUT2D eigenvalue weighted by atomic mass is 19.4. The Bertz CT molecular complexity index is 832. The standard InChI is InChI=1S/C19H17F3N2O2/c1-13-7-9-15(10-8-13)16-12-18(26,19(20,21)22)24(23-16)17(25)11-14-5-3-2-4-6-14/h2-10,26H,11-12H2,1H3/t18-/m1/s1. The molecule has 0 aliphatic carbocycles. The van der Waals surface area contributed by atoms with E-state index in [-0.39, 0.29) is 17.1 Å². The molecule has 0 bridgehead atoms. The van der Waals surface area contributed by atoms with Crippen molar-refractivity contribution in [1.29, 1.82) is 0 Å². The Hall–Kier alpha value is -2.67. The van der Waals surface area contributed by atoms with Gasteiger partial charge in [0.15, 0.2) is 0 Å². The summed E-state index contributed by atoms with van der Waals surface area (Å²) in [6.45, 7) is 1.85. The van der Waals surface area contributed by atoms with E-state index in [1.807, 2.05) is 6.92 Å². The van der Waals surface area contributed by atoms with Crippen LogP contribution in [0.5, 0.6) is 0 Å². The van der Waals surface area contributed by atoms with Crippen molar-refractivity contribution in [3.05, 3.63) is 71.3 Å². The fourth-order valence-electron chi connectivity index (χ4n) is 2.78. The van der Waals surface area contributed by atoms with E-state index in [0.29, 0.717) is 11.1 Å². The molecule has 7 heteroatoms. The van der Waals surface area contributed by atoms with Gasteiger partial charge in [0, 0.05) is 0 Å². The van der Waals surface area contributed by atoms with Gasteiger partial charge in [-0.25, -0.2) is 0 Å². The molecule has 0 saturated carbocycles. The number of rotatable bonds is 3. The highest BCUT2D eigenvalue weighted by Crippen LogP contribution is 2.41. The van der Waals surface area contributed by atoms with Crippen LogP contribution in [0.3, 0.4) is 0 Å². The van der Waals surface area contributed by atoms with Crippen LogP contribution < -0.4 is 0 Å². The maximum absolute atomic E-state index is 13.5. The first-order valence-corrected chi connectivity index (χ1v) is 8.01. The van der Waals surface area contributed by atoms with E-state index in [4.69, 9.17) is 0 Å². The molecule has 0 aromatic heterocycles. The third-order valence-corrected chi connectivity index (χ3v) is 4.26. The molecule has 0 radical (unpaired) electrons. The Kier molecular flexibility index (Phi) is 4.58. The zero-order valence-corrected chi connectivity index (χ0v) is 14.0. The van der Waals surface area contributed by atoms with Crippen molar-refractivity contribution < 1.29 is 23.1 Å². The number of nitrogens with zero attached hydrogens (tertiary/aromatic N) is 2. The molecular formula is C19H17F3N2O2. The summed E-state index contributed by atoms with van der Waals surface area (Å²) in [7, 11) is 0. The SMILES string of the molecule is Cc1ccc(C2=NN(C(=O)Cc3ccccc3)[C@](O)(C(F)(F)F)C2)cc1. The molecule has 2 aromatic carbocycles. The first-order chi connectivity index (χ1) is 12.2. The number of carbonyl (C=O) groups is 1. The van der Waals surface area contributed by atoms with Gasteiger partial charge >= 0.3 is 6.18 Å². The summed E-state index contributed by atoms with van der Waals surface area (Å²) in [6.07, 6.45) is -6.13. The van der Waals surface area contributed by atoms with Gasteiger partial charge in [-0.2, -0.15) is 23.3 Å². The molecule has 1 heterocycles. The average Bonchev–Trinajstić information content (AvgIpc) is 2.95. The third kappa shape index (κ3) is 3.35. The van der Waals surface area contributed by atoms with Gasteiger partial charge in [-0.15, -0.1) is 0 Å². The van der Waals surface area contributed by atoms with Crippen LogP contribution in [0.2, 0.25) is 0 Å². The summed E-state index contributed by atoms with van der Waals surface area (Å²) in [4.78, 5) is 12.5. The van der Waals surface area contributed by atoms with Crippen molar-refractivity contribution in [2.45, 2.75) is 31.7 Å². The van der Waals surface area contributed by atoms with E-state index in [0.717, 1.165) is 5.56 Å². The van der Waals surface area contributed by atoms with Gasteiger partial charge in [-0.1, -0.05) is 60.2 Å². The van der Waals surface area contributed by atoms with E-state index in [1.165, 1.54) is 0 Å². The maximum Gasteiger partial charge on any atom is 0.438 e. The van der Waals surface area contributed by atoms with Crippen LogP contribution in [-0.4, -0.2) is 33.6 Å². The predicted molar refractivity (Wildman–Crippen MR) is 90.3 cm³/mol. The fourth-order valence-corrected chi connectivity index (χ4v) is 2.78. The summed E-state index contributed by atoms with van der Waals surface area (Å²) in [5, 5.41) is 14.3. The average molecular weight is 362 g/mol. The fraction of sp³-hybridized carbons (Fsp3) is 0.263. The number of aryl methyl sites for hydroxylation is 1. The van der Waals surface area contributed by atoms with Crippen LogP contribution in [0, 0.1) is 6.92 Å². The van der Waals surface area contributed by atoms with Gasteiger partial charge in [-0.05, 0) is 18.1 Å². The second-order valence-corrected chi connectivity index (χ2v) is 6.27. The van der Waals surface area contributed by atoms with Crippen LogP contribution >= 0.6 is 0 Å². The number of carbonyl (C=O) groups excluding carboxylic acids is 1. The molecule has 1 aliphatic rings. The highest BCUT2D eigenvalue weighted by Gasteiger charge is 2.63. The van der Waals surface area contributed by atoms with Crippen molar-refractivity contribution in [1.82, 2.24) is 5.01 Å². The number of aliphatic hydroxyl groups is 1. The molecule has 3 rings (SSSR count). The van der Waals surface area contributed by atoms with Crippen LogP contribution in [0.4, 0.5) is 13.2 Å². The van der Waals surface area contributed by atoms with Gasteiger partial charge in [0.05, 0.1) is 18.6 Å². The molecule has 0 spiro atoms. The lowest BCUT2D eigenvalue weighted by atomic mass is 10.00. The molecule has 0 unspecified atom stereocenters. The van der Waals surface area contributed by atoms with Crippen LogP contribution in [-0.2, 0) is 11.2 Å². The van der Waals surface area contributed by atoms with Gasteiger partial charge < -0.3 is 5.11 Å². The normalized spacial score (nSPS) is 20.2. The van der Waals surface area contributed by atoms with Gasteiger partial charge in [0.1, 0.15) is 0 Å².